The van der Waals surface area contributed by atoms with Crippen molar-refractivity contribution in [3.8, 4) is 0 Å². The summed E-state index contributed by atoms with van der Waals surface area (Å²) in [7, 11) is 0. The van der Waals surface area contributed by atoms with Crippen LogP contribution in [0.3, 0.4) is 0 Å². The lowest BCUT2D eigenvalue weighted by molar-refractivity contribution is -0.138. The van der Waals surface area contributed by atoms with Crippen molar-refractivity contribution < 1.29 is 4.79 Å². The van der Waals surface area contributed by atoms with E-state index in [0.29, 0.717) is 17.9 Å². The van der Waals surface area contributed by atoms with Gasteiger partial charge in [0, 0.05) is 25.6 Å². The van der Waals surface area contributed by atoms with Crippen LogP contribution in [0.4, 0.5) is 0 Å². The molecule has 0 radical (unpaired) electrons. The second-order valence-corrected chi connectivity index (χ2v) is 5.36. The van der Waals surface area contributed by atoms with E-state index in [1.165, 1.54) is 19.3 Å². The molecule has 1 saturated heterocycles. The van der Waals surface area contributed by atoms with Crippen LogP contribution in [0.1, 0.15) is 26.2 Å². The minimum absolute atomic E-state index is 0.370. The van der Waals surface area contributed by atoms with Crippen molar-refractivity contribution in [1.29, 1.82) is 0 Å². The molecule has 1 amide bonds. The van der Waals surface area contributed by atoms with Gasteiger partial charge in [-0.3, -0.25) is 4.79 Å². The summed E-state index contributed by atoms with van der Waals surface area (Å²) in [6.45, 7) is 4.99. The molecule has 84 valence electrons. The second kappa shape index (κ2) is 3.48. The molecule has 0 aromatic carbocycles. The van der Waals surface area contributed by atoms with Crippen LogP contribution in [0.5, 0.6) is 0 Å². The molecule has 0 aromatic rings. The fourth-order valence-electron chi connectivity index (χ4n) is 3.24. The third-order valence-corrected chi connectivity index (χ3v) is 4.42. The zero-order chi connectivity index (χ0) is 10.4. The molecule has 3 nitrogen and oxygen atoms in total. The van der Waals surface area contributed by atoms with E-state index in [0.717, 1.165) is 31.5 Å². The summed E-state index contributed by atoms with van der Waals surface area (Å²) in [5.41, 5.74) is 0. The summed E-state index contributed by atoms with van der Waals surface area (Å²) in [5.74, 6) is 2.64. The number of hydrogen-bond donors (Lipinski definition) is 1. The largest absolute Gasteiger partial charge is 0.337 e. The number of amides is 1. The van der Waals surface area contributed by atoms with E-state index in [1.807, 2.05) is 0 Å². The molecule has 3 aliphatic rings. The van der Waals surface area contributed by atoms with Crippen molar-refractivity contribution >= 4 is 5.91 Å². The van der Waals surface area contributed by atoms with Crippen LogP contribution in [-0.2, 0) is 4.79 Å². The summed E-state index contributed by atoms with van der Waals surface area (Å²) in [4.78, 5) is 14.4. The molecular weight excluding hydrogens is 188 g/mol. The van der Waals surface area contributed by atoms with Crippen LogP contribution in [0.25, 0.3) is 0 Å². The Balaban J connectivity index is 1.61. The van der Waals surface area contributed by atoms with E-state index in [2.05, 4.69) is 17.1 Å². The van der Waals surface area contributed by atoms with Gasteiger partial charge in [0.1, 0.15) is 0 Å². The van der Waals surface area contributed by atoms with E-state index in [-0.39, 0.29) is 0 Å². The first-order chi connectivity index (χ1) is 7.29. The van der Waals surface area contributed by atoms with Gasteiger partial charge in [-0.05, 0) is 38.0 Å². The summed E-state index contributed by atoms with van der Waals surface area (Å²) >= 11 is 0. The molecule has 2 unspecified atom stereocenters. The van der Waals surface area contributed by atoms with Crippen LogP contribution in [0.15, 0.2) is 0 Å². The molecule has 3 heteroatoms. The zero-order valence-electron chi connectivity index (χ0n) is 9.41. The zero-order valence-corrected chi connectivity index (χ0v) is 9.41. The molecule has 2 atom stereocenters. The van der Waals surface area contributed by atoms with E-state index in [1.54, 1.807) is 0 Å². The predicted molar refractivity (Wildman–Crippen MR) is 58.4 cm³/mol. The van der Waals surface area contributed by atoms with E-state index in [4.69, 9.17) is 0 Å². The number of fused-ring (bicyclic) bond motifs is 1. The lowest BCUT2D eigenvalue weighted by Crippen LogP contribution is -2.59. The van der Waals surface area contributed by atoms with Crippen molar-refractivity contribution in [2.75, 3.05) is 19.6 Å². The summed E-state index contributed by atoms with van der Waals surface area (Å²) in [6.07, 6.45) is 3.77. The fourth-order valence-corrected chi connectivity index (χ4v) is 3.24. The highest BCUT2D eigenvalue weighted by Gasteiger charge is 2.49. The van der Waals surface area contributed by atoms with E-state index in [9.17, 15) is 4.79 Å². The molecule has 0 bridgehead atoms. The fraction of sp³-hybridized carbons (Fsp3) is 0.917. The minimum atomic E-state index is 0.370. The standard InChI is InChI=1S/C12H20N2O/c1-2-14(11-6-13-7-11)12(15)10-4-8-3-9(8)5-10/h8-11,13H,2-7H2,1H3. The van der Waals surface area contributed by atoms with Crippen molar-refractivity contribution in [3.05, 3.63) is 0 Å². The second-order valence-electron chi connectivity index (χ2n) is 5.36. The Labute approximate surface area is 91.2 Å². The van der Waals surface area contributed by atoms with Crippen LogP contribution >= 0.6 is 0 Å². The normalized spacial score (nSPS) is 38.3. The molecule has 1 N–H and O–H groups in total. The summed E-state index contributed by atoms with van der Waals surface area (Å²) in [6, 6.07) is 0.486. The topological polar surface area (TPSA) is 32.3 Å². The molecule has 2 saturated carbocycles. The first kappa shape index (κ1) is 9.64. The smallest absolute Gasteiger partial charge is 0.226 e. The average Bonchev–Trinajstić information content (AvgIpc) is 2.78. The van der Waals surface area contributed by atoms with Crippen molar-refractivity contribution in [3.63, 3.8) is 0 Å². The average molecular weight is 208 g/mol. The predicted octanol–water partition coefficient (Wildman–Crippen LogP) is 0.853. The Hall–Kier alpha value is -0.570. The number of nitrogens with zero attached hydrogens (tertiary/aromatic N) is 1. The maximum Gasteiger partial charge on any atom is 0.226 e. The first-order valence-electron chi connectivity index (χ1n) is 6.30. The number of nitrogens with one attached hydrogen (secondary N) is 1. The molecule has 1 heterocycles. The van der Waals surface area contributed by atoms with Crippen LogP contribution in [0.2, 0.25) is 0 Å². The molecule has 3 fully saturated rings. The number of hydrogen-bond acceptors (Lipinski definition) is 2. The Morgan fingerprint density at radius 3 is 2.40 bits per heavy atom. The van der Waals surface area contributed by atoms with Crippen LogP contribution in [0, 0.1) is 17.8 Å². The Kier molecular flexibility index (Phi) is 2.23. The highest BCUT2D eigenvalue weighted by molar-refractivity contribution is 5.80. The van der Waals surface area contributed by atoms with Gasteiger partial charge < -0.3 is 10.2 Å². The van der Waals surface area contributed by atoms with Gasteiger partial charge in [-0.2, -0.15) is 0 Å². The molecular formula is C12H20N2O. The monoisotopic (exact) mass is 208 g/mol. The molecule has 0 aromatic heterocycles. The third-order valence-electron chi connectivity index (χ3n) is 4.42. The molecule has 3 rings (SSSR count). The van der Waals surface area contributed by atoms with Crippen molar-refractivity contribution in [2.24, 2.45) is 17.8 Å². The van der Waals surface area contributed by atoms with Crippen LogP contribution < -0.4 is 5.32 Å². The van der Waals surface area contributed by atoms with Gasteiger partial charge in [-0.25, -0.2) is 0 Å². The summed E-state index contributed by atoms with van der Waals surface area (Å²) < 4.78 is 0. The van der Waals surface area contributed by atoms with Gasteiger partial charge in [0.05, 0.1) is 6.04 Å². The Morgan fingerprint density at radius 2 is 1.93 bits per heavy atom. The molecule has 15 heavy (non-hydrogen) atoms. The first-order valence-corrected chi connectivity index (χ1v) is 6.30. The van der Waals surface area contributed by atoms with Crippen LogP contribution in [-0.4, -0.2) is 36.5 Å². The van der Waals surface area contributed by atoms with Crippen molar-refractivity contribution in [1.82, 2.24) is 10.2 Å². The maximum atomic E-state index is 12.3. The highest BCUT2D eigenvalue weighted by Crippen LogP contribution is 2.54. The van der Waals surface area contributed by atoms with Gasteiger partial charge in [0.25, 0.3) is 0 Å². The number of rotatable bonds is 3. The van der Waals surface area contributed by atoms with Gasteiger partial charge in [-0.1, -0.05) is 0 Å². The van der Waals surface area contributed by atoms with E-state index < -0.39 is 0 Å². The molecule has 2 aliphatic carbocycles. The lowest BCUT2D eigenvalue weighted by atomic mass is 9.99. The van der Waals surface area contributed by atoms with E-state index >= 15 is 0 Å². The van der Waals surface area contributed by atoms with Gasteiger partial charge in [-0.15, -0.1) is 0 Å². The lowest BCUT2D eigenvalue weighted by Gasteiger charge is -2.39. The number of likely N-dealkylation sites (N-methyl/N-ethyl adjacent to an activating group) is 1. The highest BCUT2D eigenvalue weighted by atomic mass is 16.2. The van der Waals surface area contributed by atoms with Gasteiger partial charge in [0.15, 0.2) is 0 Å². The quantitative estimate of drug-likeness (QED) is 0.746. The van der Waals surface area contributed by atoms with Gasteiger partial charge in [0.2, 0.25) is 5.91 Å². The van der Waals surface area contributed by atoms with Crippen molar-refractivity contribution in [2.45, 2.75) is 32.2 Å². The SMILES string of the molecule is CCN(C(=O)C1CC2CC2C1)C1CNC1. The maximum absolute atomic E-state index is 12.3. The molecule has 1 aliphatic heterocycles. The molecule has 0 spiro atoms. The third kappa shape index (κ3) is 1.57. The number of carbonyl (C=O) groups excluding carboxylic acids is 1. The Bertz CT molecular complexity index is 265. The Morgan fingerprint density at radius 1 is 1.27 bits per heavy atom. The summed E-state index contributed by atoms with van der Waals surface area (Å²) in [5, 5.41) is 3.25. The van der Waals surface area contributed by atoms with Gasteiger partial charge >= 0.3 is 0 Å². The minimum Gasteiger partial charge on any atom is -0.337 e. The number of carbonyl (C=O) groups is 1.